The molecule has 1 aromatic heterocycles. The molecule has 3 aromatic rings. The summed E-state index contributed by atoms with van der Waals surface area (Å²) in [5, 5.41) is 18.0. The molecule has 0 aliphatic heterocycles. The molecule has 0 spiro atoms. The van der Waals surface area contributed by atoms with Crippen LogP contribution in [0.5, 0.6) is 0 Å². The van der Waals surface area contributed by atoms with Crippen LogP contribution in [0.2, 0.25) is 0 Å². The highest BCUT2D eigenvalue weighted by atomic mass is 16.5. The number of aliphatic carboxylic acids is 1. The number of carbonyl (C=O) groups excluding carboxylic acids is 2. The molecular formula is C25H23N3O6. The first-order valence-corrected chi connectivity index (χ1v) is 11.1. The first-order chi connectivity index (χ1) is 16.5. The zero-order chi connectivity index (χ0) is 23.7. The van der Waals surface area contributed by atoms with Crippen molar-refractivity contribution < 1.29 is 28.8 Å². The van der Waals surface area contributed by atoms with Crippen LogP contribution in [-0.4, -0.2) is 40.9 Å². The zero-order valence-electron chi connectivity index (χ0n) is 18.2. The van der Waals surface area contributed by atoms with Crippen molar-refractivity contribution >= 4 is 18.0 Å². The number of amides is 2. The maximum absolute atomic E-state index is 12.3. The highest BCUT2D eigenvalue weighted by Crippen LogP contribution is 2.44. The molecule has 5 rings (SSSR count). The van der Waals surface area contributed by atoms with E-state index in [4.69, 9.17) is 14.4 Å². The number of benzene rings is 2. The summed E-state index contributed by atoms with van der Waals surface area (Å²) >= 11 is 0. The lowest BCUT2D eigenvalue weighted by Crippen LogP contribution is -2.46. The second-order valence-electron chi connectivity index (χ2n) is 8.53. The molecule has 1 heterocycles. The van der Waals surface area contributed by atoms with Gasteiger partial charge in [0.25, 0.3) is 5.91 Å². The fourth-order valence-electron chi connectivity index (χ4n) is 4.51. The molecule has 2 amide bonds. The van der Waals surface area contributed by atoms with Gasteiger partial charge in [-0.25, -0.2) is 4.79 Å². The minimum Gasteiger partial charge on any atom is -0.481 e. The number of alkyl carbamates (subject to hydrolysis) is 1. The Kier molecular flexibility index (Phi) is 5.75. The van der Waals surface area contributed by atoms with E-state index in [2.05, 4.69) is 27.9 Å². The number of hydrogen-bond donors (Lipinski definition) is 3. The molecule has 2 aromatic carbocycles. The van der Waals surface area contributed by atoms with Gasteiger partial charge in [-0.3, -0.25) is 9.59 Å². The van der Waals surface area contributed by atoms with Crippen molar-refractivity contribution in [1.29, 1.82) is 0 Å². The fourth-order valence-corrected chi connectivity index (χ4v) is 4.51. The summed E-state index contributed by atoms with van der Waals surface area (Å²) in [7, 11) is 0. The van der Waals surface area contributed by atoms with E-state index in [-0.39, 0.29) is 30.8 Å². The lowest BCUT2D eigenvalue weighted by molar-refractivity contribution is -0.145. The number of carboxylic acid groups (broad SMARTS) is 1. The smallest absolute Gasteiger partial charge is 0.407 e. The van der Waals surface area contributed by atoms with E-state index in [1.54, 1.807) is 0 Å². The van der Waals surface area contributed by atoms with Crippen molar-refractivity contribution in [3.8, 4) is 11.1 Å². The molecular weight excluding hydrogens is 438 g/mol. The molecule has 9 heteroatoms. The van der Waals surface area contributed by atoms with E-state index in [1.807, 2.05) is 36.4 Å². The summed E-state index contributed by atoms with van der Waals surface area (Å²) in [6.07, 6.45) is 0.197. The summed E-state index contributed by atoms with van der Waals surface area (Å²) in [6, 6.07) is 17.4. The van der Waals surface area contributed by atoms with E-state index in [1.165, 1.54) is 6.07 Å². The molecule has 2 aliphatic carbocycles. The SMILES string of the molecule is O=C(NCc1cc(C(=O)NC2CC(C(=O)O)C2)no1)OCC1c2ccccc2-c2ccccc21. The van der Waals surface area contributed by atoms with Gasteiger partial charge in [-0.05, 0) is 35.1 Å². The Morgan fingerprint density at radius 2 is 1.68 bits per heavy atom. The van der Waals surface area contributed by atoms with Crippen LogP contribution in [0.3, 0.4) is 0 Å². The van der Waals surface area contributed by atoms with Crippen LogP contribution in [0.15, 0.2) is 59.1 Å². The van der Waals surface area contributed by atoms with Crippen LogP contribution in [0.4, 0.5) is 4.79 Å². The molecule has 34 heavy (non-hydrogen) atoms. The lowest BCUT2D eigenvalue weighted by atomic mass is 9.80. The predicted octanol–water partition coefficient (Wildman–Crippen LogP) is 3.31. The van der Waals surface area contributed by atoms with Crippen LogP contribution in [0.1, 0.15) is 46.1 Å². The molecule has 0 atom stereocenters. The molecule has 2 aliphatic rings. The average molecular weight is 461 g/mol. The minimum absolute atomic E-state index is 0.0153. The first kappa shape index (κ1) is 21.7. The largest absolute Gasteiger partial charge is 0.481 e. The number of carboxylic acids is 1. The summed E-state index contributed by atoms with van der Waals surface area (Å²) in [5.41, 5.74) is 4.63. The number of nitrogens with zero attached hydrogens (tertiary/aromatic N) is 1. The lowest BCUT2D eigenvalue weighted by Gasteiger charge is -2.32. The molecule has 174 valence electrons. The number of nitrogens with one attached hydrogen (secondary N) is 2. The monoisotopic (exact) mass is 461 g/mol. The molecule has 3 N–H and O–H groups in total. The number of ether oxygens (including phenoxy) is 1. The third-order valence-electron chi connectivity index (χ3n) is 6.36. The normalized spacial score (nSPS) is 18.4. The van der Waals surface area contributed by atoms with Gasteiger partial charge in [0.2, 0.25) is 0 Å². The third kappa shape index (κ3) is 4.24. The van der Waals surface area contributed by atoms with Crippen LogP contribution in [-0.2, 0) is 16.1 Å². The van der Waals surface area contributed by atoms with E-state index in [0.29, 0.717) is 18.6 Å². The van der Waals surface area contributed by atoms with Gasteiger partial charge in [0.1, 0.15) is 6.61 Å². The first-order valence-electron chi connectivity index (χ1n) is 11.1. The van der Waals surface area contributed by atoms with Crippen molar-refractivity contribution in [2.45, 2.75) is 31.3 Å². The molecule has 9 nitrogen and oxygen atoms in total. The molecule has 1 saturated carbocycles. The number of fused-ring (bicyclic) bond motifs is 3. The van der Waals surface area contributed by atoms with Gasteiger partial charge < -0.3 is 25.0 Å². The van der Waals surface area contributed by atoms with E-state index in [9.17, 15) is 14.4 Å². The highest BCUT2D eigenvalue weighted by Gasteiger charge is 2.35. The number of rotatable bonds is 7. The van der Waals surface area contributed by atoms with Gasteiger partial charge in [-0.1, -0.05) is 53.7 Å². The summed E-state index contributed by atoms with van der Waals surface area (Å²) < 4.78 is 10.6. The summed E-state index contributed by atoms with van der Waals surface area (Å²) in [6.45, 7) is 0.212. The van der Waals surface area contributed by atoms with Gasteiger partial charge in [-0.15, -0.1) is 0 Å². The van der Waals surface area contributed by atoms with Crippen molar-refractivity contribution in [2.75, 3.05) is 6.61 Å². The van der Waals surface area contributed by atoms with Gasteiger partial charge in [-0.2, -0.15) is 0 Å². The van der Waals surface area contributed by atoms with Gasteiger partial charge in [0, 0.05) is 18.0 Å². The highest BCUT2D eigenvalue weighted by molar-refractivity contribution is 5.92. The van der Waals surface area contributed by atoms with Gasteiger partial charge >= 0.3 is 12.1 Å². The second-order valence-corrected chi connectivity index (χ2v) is 8.53. The Bertz CT molecular complexity index is 1200. The topological polar surface area (TPSA) is 131 Å². The summed E-state index contributed by atoms with van der Waals surface area (Å²) in [5.74, 6) is -1.44. The number of carbonyl (C=O) groups is 3. The number of hydrogen-bond acceptors (Lipinski definition) is 6. The Morgan fingerprint density at radius 1 is 1.03 bits per heavy atom. The van der Waals surface area contributed by atoms with E-state index >= 15 is 0 Å². The number of aromatic nitrogens is 1. The third-order valence-corrected chi connectivity index (χ3v) is 6.36. The molecule has 0 saturated heterocycles. The Balaban J connectivity index is 1.11. The molecule has 0 bridgehead atoms. The van der Waals surface area contributed by atoms with Gasteiger partial charge in [0.05, 0.1) is 12.5 Å². The predicted molar refractivity (Wildman–Crippen MR) is 120 cm³/mol. The standard InChI is InChI=1S/C25H23N3O6/c29-23(27-15-9-14(10-15)24(30)31)22-11-16(34-28-22)12-26-25(32)33-13-21-19-7-3-1-5-17(19)18-6-2-4-8-20(18)21/h1-8,11,14-15,21H,9-10,12-13H2,(H,26,32)(H,27,29)(H,30,31). The fraction of sp³-hybridized carbons (Fsp3) is 0.280. The van der Waals surface area contributed by atoms with Crippen LogP contribution >= 0.6 is 0 Å². The Hall–Kier alpha value is -4.14. The Morgan fingerprint density at radius 3 is 2.32 bits per heavy atom. The van der Waals surface area contributed by atoms with Crippen LogP contribution in [0, 0.1) is 5.92 Å². The Labute approximate surface area is 195 Å². The van der Waals surface area contributed by atoms with Crippen molar-refractivity contribution in [3.63, 3.8) is 0 Å². The van der Waals surface area contributed by atoms with Crippen molar-refractivity contribution in [2.24, 2.45) is 5.92 Å². The van der Waals surface area contributed by atoms with E-state index < -0.39 is 23.9 Å². The van der Waals surface area contributed by atoms with Crippen LogP contribution < -0.4 is 10.6 Å². The molecule has 1 fully saturated rings. The average Bonchev–Trinajstić information content (AvgIpc) is 3.41. The molecule has 0 radical (unpaired) electrons. The quantitative estimate of drug-likeness (QED) is 0.492. The van der Waals surface area contributed by atoms with Gasteiger partial charge in [0.15, 0.2) is 11.5 Å². The van der Waals surface area contributed by atoms with E-state index in [0.717, 1.165) is 22.3 Å². The van der Waals surface area contributed by atoms with Crippen LogP contribution in [0.25, 0.3) is 11.1 Å². The maximum Gasteiger partial charge on any atom is 0.407 e. The van der Waals surface area contributed by atoms with Crippen molar-refractivity contribution in [1.82, 2.24) is 15.8 Å². The molecule has 0 unspecified atom stereocenters. The second kappa shape index (κ2) is 9.01. The zero-order valence-corrected chi connectivity index (χ0v) is 18.2. The van der Waals surface area contributed by atoms with Crippen molar-refractivity contribution in [3.05, 3.63) is 77.2 Å². The maximum atomic E-state index is 12.3. The summed E-state index contributed by atoms with van der Waals surface area (Å²) in [4.78, 5) is 35.4. The minimum atomic E-state index is -0.853.